The molecule has 1 aliphatic heterocycles. The molecule has 3 nitrogen and oxygen atoms in total. The number of hydrogen-bond donors (Lipinski definition) is 0. The molecule has 3 fully saturated rings. The Labute approximate surface area is 156 Å². The van der Waals surface area contributed by atoms with Gasteiger partial charge in [0.05, 0.1) is 0 Å². The Morgan fingerprint density at radius 2 is 1.88 bits per heavy atom. The van der Waals surface area contributed by atoms with Crippen molar-refractivity contribution in [1.29, 1.82) is 0 Å². The van der Waals surface area contributed by atoms with E-state index in [9.17, 15) is 4.79 Å². The lowest BCUT2D eigenvalue weighted by Gasteiger charge is -2.26. The summed E-state index contributed by atoms with van der Waals surface area (Å²) < 4.78 is 0. The Hall–Kier alpha value is -1.06. The van der Waals surface area contributed by atoms with Crippen LogP contribution in [-0.4, -0.2) is 41.9 Å². The van der Waals surface area contributed by atoms with Gasteiger partial charge >= 0.3 is 0 Å². The molecular formula is C21H29ClN2O. The maximum Gasteiger partial charge on any atom is 0.222 e. The van der Waals surface area contributed by atoms with E-state index >= 15 is 0 Å². The molecule has 1 amide bonds. The number of carbonyl (C=O) groups excluding carboxylic acids is 1. The van der Waals surface area contributed by atoms with Crippen molar-refractivity contribution in [3.63, 3.8) is 0 Å². The molecule has 2 saturated carbocycles. The number of hydrogen-bond acceptors (Lipinski definition) is 2. The predicted molar refractivity (Wildman–Crippen MR) is 101 cm³/mol. The largest absolute Gasteiger partial charge is 0.341 e. The van der Waals surface area contributed by atoms with Gasteiger partial charge in [-0.25, -0.2) is 0 Å². The zero-order valence-corrected chi connectivity index (χ0v) is 15.8. The van der Waals surface area contributed by atoms with Gasteiger partial charge < -0.3 is 4.90 Å². The topological polar surface area (TPSA) is 23.6 Å². The normalized spacial score (nSPS) is 29.8. The maximum absolute atomic E-state index is 12.8. The first-order chi connectivity index (χ1) is 12.2. The van der Waals surface area contributed by atoms with Crippen LogP contribution >= 0.6 is 11.6 Å². The van der Waals surface area contributed by atoms with Crippen LogP contribution in [0.4, 0.5) is 0 Å². The Balaban J connectivity index is 1.27. The van der Waals surface area contributed by atoms with Crippen LogP contribution in [0.25, 0.3) is 0 Å². The van der Waals surface area contributed by atoms with Crippen LogP contribution in [0, 0.1) is 17.8 Å². The van der Waals surface area contributed by atoms with Crippen LogP contribution in [-0.2, 0) is 11.3 Å². The van der Waals surface area contributed by atoms with Crippen molar-refractivity contribution in [2.75, 3.05) is 26.2 Å². The molecule has 3 unspecified atom stereocenters. The smallest absolute Gasteiger partial charge is 0.222 e. The van der Waals surface area contributed by atoms with Gasteiger partial charge in [-0.15, -0.1) is 0 Å². The van der Waals surface area contributed by atoms with Crippen LogP contribution in [0.15, 0.2) is 24.3 Å². The van der Waals surface area contributed by atoms with E-state index in [2.05, 4.69) is 21.9 Å². The van der Waals surface area contributed by atoms with Gasteiger partial charge in [-0.05, 0) is 61.1 Å². The van der Waals surface area contributed by atoms with Crippen molar-refractivity contribution in [2.24, 2.45) is 17.8 Å². The molecule has 1 aromatic rings. The molecule has 4 rings (SSSR count). The highest BCUT2D eigenvalue weighted by Crippen LogP contribution is 2.49. The summed E-state index contributed by atoms with van der Waals surface area (Å²) in [5.41, 5.74) is 1.30. The Morgan fingerprint density at radius 1 is 1.04 bits per heavy atom. The van der Waals surface area contributed by atoms with Gasteiger partial charge in [0.15, 0.2) is 0 Å². The van der Waals surface area contributed by atoms with E-state index in [0.717, 1.165) is 62.4 Å². The standard InChI is InChI=1S/C21H29ClN2O/c22-20-6-3-16(4-7-20)15-23-8-1-9-24(11-10-23)21(25)14-19-13-17-2-5-18(19)12-17/h3-4,6-7,17-19H,1-2,5,8-15H2. The van der Waals surface area contributed by atoms with E-state index in [4.69, 9.17) is 11.6 Å². The van der Waals surface area contributed by atoms with Crippen LogP contribution in [0.3, 0.4) is 0 Å². The first-order valence-corrected chi connectivity index (χ1v) is 10.3. The number of benzene rings is 1. The number of rotatable bonds is 4. The molecule has 136 valence electrons. The summed E-state index contributed by atoms with van der Waals surface area (Å²) in [5, 5.41) is 0.789. The zero-order valence-electron chi connectivity index (χ0n) is 15.0. The van der Waals surface area contributed by atoms with Crippen LogP contribution < -0.4 is 0 Å². The zero-order chi connectivity index (χ0) is 17.2. The highest BCUT2D eigenvalue weighted by atomic mass is 35.5. The van der Waals surface area contributed by atoms with Crippen molar-refractivity contribution in [3.8, 4) is 0 Å². The highest BCUT2D eigenvalue weighted by molar-refractivity contribution is 6.30. The lowest BCUT2D eigenvalue weighted by molar-refractivity contribution is -0.132. The minimum atomic E-state index is 0.408. The van der Waals surface area contributed by atoms with E-state index in [1.165, 1.54) is 31.2 Å². The summed E-state index contributed by atoms with van der Waals surface area (Å²) in [4.78, 5) is 17.4. The van der Waals surface area contributed by atoms with Crippen molar-refractivity contribution in [1.82, 2.24) is 9.80 Å². The molecule has 0 radical (unpaired) electrons. The highest BCUT2D eigenvalue weighted by Gasteiger charge is 2.40. The lowest BCUT2D eigenvalue weighted by Crippen LogP contribution is -2.36. The van der Waals surface area contributed by atoms with E-state index in [1.54, 1.807) is 0 Å². The predicted octanol–water partition coefficient (Wildman–Crippen LogP) is 4.20. The van der Waals surface area contributed by atoms with Gasteiger partial charge in [0.1, 0.15) is 0 Å². The minimum absolute atomic E-state index is 0.408. The fourth-order valence-corrected chi connectivity index (χ4v) is 5.33. The van der Waals surface area contributed by atoms with Crippen molar-refractivity contribution < 1.29 is 4.79 Å². The maximum atomic E-state index is 12.8. The van der Waals surface area contributed by atoms with Gasteiger partial charge in [0, 0.05) is 44.2 Å². The average molecular weight is 361 g/mol. The second-order valence-electron chi connectivity index (χ2n) is 8.28. The molecule has 2 aliphatic carbocycles. The monoisotopic (exact) mass is 360 g/mol. The second-order valence-corrected chi connectivity index (χ2v) is 8.71. The third kappa shape index (κ3) is 4.20. The van der Waals surface area contributed by atoms with E-state index < -0.39 is 0 Å². The molecule has 0 spiro atoms. The Kier molecular flexibility index (Phi) is 5.33. The molecule has 3 atom stereocenters. The quantitative estimate of drug-likeness (QED) is 0.803. The summed E-state index contributed by atoms with van der Waals surface area (Å²) >= 11 is 5.97. The Bertz CT molecular complexity index is 602. The fraction of sp³-hybridized carbons (Fsp3) is 0.667. The second kappa shape index (κ2) is 7.67. The molecule has 1 aromatic carbocycles. The van der Waals surface area contributed by atoms with Crippen molar-refractivity contribution >= 4 is 17.5 Å². The number of amides is 1. The molecule has 4 heteroatoms. The first kappa shape index (κ1) is 17.4. The van der Waals surface area contributed by atoms with Gasteiger partial charge in [0.25, 0.3) is 0 Å². The van der Waals surface area contributed by atoms with Crippen LogP contribution in [0.2, 0.25) is 5.02 Å². The third-order valence-corrected chi connectivity index (χ3v) is 6.83. The summed E-state index contributed by atoms with van der Waals surface area (Å²) in [6, 6.07) is 8.12. The van der Waals surface area contributed by atoms with Crippen LogP contribution in [0.5, 0.6) is 0 Å². The summed E-state index contributed by atoms with van der Waals surface area (Å²) in [5.74, 6) is 2.87. The van der Waals surface area contributed by atoms with Crippen molar-refractivity contribution in [2.45, 2.75) is 45.1 Å². The fourth-order valence-electron chi connectivity index (χ4n) is 5.21. The van der Waals surface area contributed by atoms with Crippen LogP contribution in [0.1, 0.15) is 44.1 Å². The summed E-state index contributed by atoms with van der Waals surface area (Å²) in [6.07, 6.45) is 7.38. The van der Waals surface area contributed by atoms with Gasteiger partial charge in [0.2, 0.25) is 5.91 Å². The number of nitrogens with zero attached hydrogens (tertiary/aromatic N) is 2. The number of halogens is 1. The Morgan fingerprint density at radius 3 is 2.60 bits per heavy atom. The lowest BCUT2D eigenvalue weighted by atomic mass is 9.86. The average Bonchev–Trinajstić information content (AvgIpc) is 3.14. The summed E-state index contributed by atoms with van der Waals surface area (Å²) in [6.45, 7) is 4.81. The van der Waals surface area contributed by atoms with E-state index in [1.807, 2.05) is 12.1 Å². The molecule has 0 aromatic heterocycles. The van der Waals surface area contributed by atoms with Crippen molar-refractivity contribution in [3.05, 3.63) is 34.9 Å². The number of carbonyl (C=O) groups is 1. The SMILES string of the molecule is O=C(CC1CC2CCC1C2)N1CCCN(Cc2ccc(Cl)cc2)CC1. The first-order valence-electron chi connectivity index (χ1n) is 9.92. The molecule has 25 heavy (non-hydrogen) atoms. The third-order valence-electron chi connectivity index (χ3n) is 6.58. The minimum Gasteiger partial charge on any atom is -0.341 e. The molecule has 1 heterocycles. The molecule has 1 saturated heterocycles. The van der Waals surface area contributed by atoms with E-state index in [-0.39, 0.29) is 0 Å². The molecule has 2 bridgehead atoms. The van der Waals surface area contributed by atoms with Gasteiger partial charge in [-0.1, -0.05) is 30.2 Å². The molecular weight excluding hydrogens is 332 g/mol. The van der Waals surface area contributed by atoms with E-state index in [0.29, 0.717) is 11.8 Å². The molecule has 3 aliphatic rings. The summed E-state index contributed by atoms with van der Waals surface area (Å²) in [7, 11) is 0. The number of fused-ring (bicyclic) bond motifs is 2. The van der Waals surface area contributed by atoms with Gasteiger partial charge in [-0.3, -0.25) is 9.69 Å². The molecule has 0 N–H and O–H groups in total. The van der Waals surface area contributed by atoms with Gasteiger partial charge in [-0.2, -0.15) is 0 Å².